The third-order valence-electron chi connectivity index (χ3n) is 0.452. The zero-order valence-electron chi connectivity index (χ0n) is 4.44. The zero-order chi connectivity index (χ0) is 8.36. The molecule has 0 radical (unpaired) electrons. The molecule has 0 aromatic rings. The minimum Gasteiger partial charge on any atom is -0.263 e. The van der Waals surface area contributed by atoms with Gasteiger partial charge in [0.2, 0.25) is 0 Å². The largest absolute Gasteiger partial charge is 0.279 e. The van der Waals surface area contributed by atoms with Gasteiger partial charge in [0.15, 0.2) is 3.53 Å². The lowest BCUT2D eigenvalue weighted by atomic mass is 11.5. The first-order valence-electron chi connectivity index (χ1n) is 1.85. The van der Waals surface area contributed by atoms with Crippen LogP contribution in [-0.2, 0) is 10.0 Å². The lowest BCUT2D eigenvalue weighted by Gasteiger charge is -2.00. The average molecular weight is 233 g/mol. The van der Waals surface area contributed by atoms with E-state index in [1.807, 2.05) is 4.72 Å². The lowest BCUT2D eigenvalue weighted by molar-refractivity contribution is 0.605. The molecule has 0 amide bonds. The van der Waals surface area contributed by atoms with Crippen LogP contribution in [0.15, 0.2) is 0 Å². The van der Waals surface area contributed by atoms with Crippen LogP contribution in [0.4, 0.5) is 0 Å². The molecule has 0 aliphatic heterocycles. The molecule has 0 unspecified atom stereocenters. The maximum absolute atomic E-state index is 10.7. The van der Waals surface area contributed by atoms with Crippen molar-refractivity contribution >= 4 is 67.6 Å². The molecule has 0 aliphatic carbocycles. The van der Waals surface area contributed by atoms with Crippen molar-refractivity contribution in [1.82, 2.24) is 4.72 Å². The van der Waals surface area contributed by atoms with Crippen LogP contribution in [0, 0.1) is 0 Å². The Balaban J connectivity index is 4.46. The highest BCUT2D eigenvalue weighted by molar-refractivity contribution is 8.37. The summed E-state index contributed by atoms with van der Waals surface area (Å²) in [7, 11) is -3.67. The summed E-state index contributed by atoms with van der Waals surface area (Å²) >= 11 is 15.6. The van der Waals surface area contributed by atoms with E-state index in [1.165, 1.54) is 0 Å². The van der Waals surface area contributed by atoms with Gasteiger partial charge in [-0.1, -0.05) is 24.4 Å². The Bertz CT molecular complexity index is 253. The van der Waals surface area contributed by atoms with E-state index in [-0.39, 0.29) is 4.32 Å². The highest BCUT2D eigenvalue weighted by atomic mass is 32.3. The summed E-state index contributed by atoms with van der Waals surface area (Å²) in [5.74, 6) is 0. The average Bonchev–Trinajstić information content (AvgIpc) is 1.60. The number of thiocarbonyl (C=S) groups is 2. The van der Waals surface area contributed by atoms with Gasteiger partial charge in [0, 0.05) is 0 Å². The minimum absolute atomic E-state index is 0.156. The first-order valence-corrected chi connectivity index (χ1v) is 5.04. The van der Waals surface area contributed by atoms with Crippen LogP contribution in [0.2, 0.25) is 0 Å². The summed E-state index contributed by atoms with van der Waals surface area (Å²) in [6.07, 6.45) is 0. The van der Waals surface area contributed by atoms with Crippen molar-refractivity contribution in [2.24, 2.45) is 0 Å². The molecular formula is C2H3NO2S5. The molecule has 0 bridgehead atoms. The second kappa shape index (κ2) is 3.86. The van der Waals surface area contributed by atoms with Crippen LogP contribution >= 0.6 is 49.7 Å². The summed E-state index contributed by atoms with van der Waals surface area (Å²) in [5.41, 5.74) is 0. The summed E-state index contributed by atoms with van der Waals surface area (Å²) in [4.78, 5) is 0. The molecule has 0 spiro atoms. The molecule has 0 fully saturated rings. The Morgan fingerprint density at radius 2 is 1.70 bits per heavy atom. The molecule has 3 nitrogen and oxygen atoms in total. The lowest BCUT2D eigenvalue weighted by Crippen LogP contribution is -2.28. The van der Waals surface area contributed by atoms with Gasteiger partial charge in [-0.25, -0.2) is 0 Å². The number of sulfonamides is 1. The number of hydrogen-bond donors (Lipinski definition) is 3. The fourth-order valence-corrected chi connectivity index (χ4v) is 1.43. The molecule has 0 aromatic carbocycles. The van der Waals surface area contributed by atoms with Crippen molar-refractivity contribution in [1.29, 1.82) is 0 Å². The highest BCUT2D eigenvalue weighted by Crippen LogP contribution is 1.95. The number of rotatable bonds is 0. The van der Waals surface area contributed by atoms with Gasteiger partial charge in [-0.3, -0.25) is 4.72 Å². The Kier molecular flexibility index (Phi) is 4.10. The molecule has 0 rings (SSSR count). The maximum atomic E-state index is 10.7. The molecule has 0 aliphatic rings. The minimum atomic E-state index is -3.67. The van der Waals surface area contributed by atoms with E-state index in [2.05, 4.69) is 49.7 Å². The number of thiol groups is 2. The van der Waals surface area contributed by atoms with E-state index >= 15 is 0 Å². The van der Waals surface area contributed by atoms with Crippen LogP contribution in [-0.4, -0.2) is 16.3 Å². The second-order valence-electron chi connectivity index (χ2n) is 1.18. The van der Waals surface area contributed by atoms with Gasteiger partial charge >= 0.3 is 0 Å². The molecular weight excluding hydrogens is 230 g/mol. The van der Waals surface area contributed by atoms with Gasteiger partial charge in [-0.15, -0.1) is 25.3 Å². The highest BCUT2D eigenvalue weighted by Gasteiger charge is 2.12. The third-order valence-corrected chi connectivity index (χ3v) is 3.26. The van der Waals surface area contributed by atoms with E-state index < -0.39 is 13.6 Å². The van der Waals surface area contributed by atoms with Gasteiger partial charge < -0.3 is 0 Å². The van der Waals surface area contributed by atoms with E-state index in [1.54, 1.807) is 0 Å². The van der Waals surface area contributed by atoms with Crippen molar-refractivity contribution in [3.05, 3.63) is 0 Å². The first-order chi connectivity index (χ1) is 4.36. The predicted octanol–water partition coefficient (Wildman–Crippen LogP) is 0.335. The van der Waals surface area contributed by atoms with Gasteiger partial charge in [0.05, 0.1) is 0 Å². The Morgan fingerprint density at radius 1 is 1.30 bits per heavy atom. The maximum Gasteiger partial charge on any atom is 0.279 e. The zero-order valence-corrected chi connectivity index (χ0v) is 8.67. The summed E-state index contributed by atoms with van der Waals surface area (Å²) in [5, 5.41) is 0. The van der Waals surface area contributed by atoms with E-state index in [0.29, 0.717) is 0 Å². The Hall–Kier alpha value is 0.630. The molecule has 0 atom stereocenters. The van der Waals surface area contributed by atoms with E-state index in [9.17, 15) is 8.42 Å². The van der Waals surface area contributed by atoms with Crippen LogP contribution in [0.1, 0.15) is 0 Å². The van der Waals surface area contributed by atoms with Crippen molar-refractivity contribution in [3.63, 3.8) is 0 Å². The fourth-order valence-electron chi connectivity index (χ4n) is 0.159. The Labute approximate surface area is 80.4 Å². The topological polar surface area (TPSA) is 46.2 Å². The SMILES string of the molecule is O=S(=O)(NC(=S)S)C(=S)S. The molecule has 10 heavy (non-hydrogen) atoms. The summed E-state index contributed by atoms with van der Waals surface area (Å²) in [6, 6.07) is 0. The van der Waals surface area contributed by atoms with Crippen molar-refractivity contribution in [3.8, 4) is 0 Å². The standard InChI is InChI=1S/C2H3NO2S5/c4-10(5,2(8)9)3-1(6)7/h(H,8,9)(H2,3,6,7). The molecule has 0 heterocycles. The van der Waals surface area contributed by atoms with Gasteiger partial charge in [0.1, 0.15) is 4.32 Å². The smallest absolute Gasteiger partial charge is 0.263 e. The number of nitrogens with one attached hydrogen (secondary N) is 1. The predicted molar refractivity (Wildman–Crippen MR) is 55.2 cm³/mol. The van der Waals surface area contributed by atoms with Gasteiger partial charge in [0.25, 0.3) is 10.0 Å². The van der Waals surface area contributed by atoms with Gasteiger partial charge in [-0.05, 0) is 0 Å². The van der Waals surface area contributed by atoms with Gasteiger partial charge in [-0.2, -0.15) is 8.42 Å². The third kappa shape index (κ3) is 3.71. The van der Waals surface area contributed by atoms with Crippen LogP contribution in [0.25, 0.3) is 0 Å². The van der Waals surface area contributed by atoms with Crippen LogP contribution < -0.4 is 4.72 Å². The molecule has 58 valence electrons. The van der Waals surface area contributed by atoms with Crippen molar-refractivity contribution in [2.75, 3.05) is 0 Å². The first kappa shape index (κ1) is 10.6. The molecule has 0 aromatic heterocycles. The summed E-state index contributed by atoms with van der Waals surface area (Å²) in [6.45, 7) is 0. The Morgan fingerprint density at radius 3 is 1.80 bits per heavy atom. The monoisotopic (exact) mass is 233 g/mol. The second-order valence-corrected chi connectivity index (χ2v) is 5.67. The van der Waals surface area contributed by atoms with Crippen LogP contribution in [0.3, 0.4) is 0 Å². The van der Waals surface area contributed by atoms with Crippen LogP contribution in [0.5, 0.6) is 0 Å². The van der Waals surface area contributed by atoms with E-state index in [0.717, 1.165) is 0 Å². The van der Waals surface area contributed by atoms with Crippen molar-refractivity contribution < 1.29 is 8.42 Å². The number of hydrogen-bond acceptors (Lipinski definition) is 4. The quantitative estimate of drug-likeness (QED) is 0.417. The van der Waals surface area contributed by atoms with Crippen molar-refractivity contribution in [2.45, 2.75) is 0 Å². The molecule has 0 saturated carbocycles. The van der Waals surface area contributed by atoms with E-state index in [4.69, 9.17) is 0 Å². The molecule has 0 saturated heterocycles. The normalized spacial score (nSPS) is 10.6. The molecule has 1 N–H and O–H groups in total. The fraction of sp³-hybridized carbons (Fsp3) is 0. The summed E-state index contributed by atoms with van der Waals surface area (Å²) < 4.78 is 22.6. The molecule has 8 heteroatoms.